The first-order valence-electron chi connectivity index (χ1n) is 7.14. The summed E-state index contributed by atoms with van der Waals surface area (Å²) in [5.41, 5.74) is 0. The molecule has 0 aromatic heterocycles. The van der Waals surface area contributed by atoms with Crippen LogP contribution in [0.25, 0.3) is 0 Å². The summed E-state index contributed by atoms with van der Waals surface area (Å²) in [5.74, 6) is 1.12. The van der Waals surface area contributed by atoms with E-state index in [-0.39, 0.29) is 15.5 Å². The fourth-order valence-electron chi connectivity index (χ4n) is 2.91. The van der Waals surface area contributed by atoms with E-state index in [9.17, 15) is 4.79 Å². The second-order valence-corrected chi connectivity index (χ2v) is 8.24. The number of fused-ring (bicyclic) bond motifs is 1. The third-order valence-electron chi connectivity index (χ3n) is 3.86. The van der Waals surface area contributed by atoms with Gasteiger partial charge in [-0.2, -0.15) is 0 Å². The average Bonchev–Trinajstić information content (AvgIpc) is 2.49. The van der Waals surface area contributed by atoms with Crippen molar-refractivity contribution in [2.24, 2.45) is 11.8 Å². The Labute approximate surface area is 139 Å². The zero-order chi connectivity index (χ0) is 14.8. The van der Waals surface area contributed by atoms with Crippen molar-refractivity contribution in [1.29, 1.82) is 0 Å². The van der Waals surface area contributed by atoms with Gasteiger partial charge in [-0.1, -0.05) is 44.0 Å². The Hall–Kier alpha value is -0.0100. The minimum Gasteiger partial charge on any atom is -0.322 e. The van der Waals surface area contributed by atoms with E-state index >= 15 is 0 Å². The molecule has 0 radical (unpaired) electrons. The maximum atomic E-state index is 12.9. The molecule has 0 saturated carbocycles. The molecule has 2 aliphatic rings. The van der Waals surface area contributed by atoms with Gasteiger partial charge in [0.15, 0.2) is 0 Å². The lowest BCUT2D eigenvalue weighted by Gasteiger charge is -2.43. The number of rotatable bonds is 4. The Morgan fingerprint density at radius 1 is 1.50 bits per heavy atom. The molecular weight excluding hydrogens is 383 g/mol. The molecule has 0 spiro atoms. The highest BCUT2D eigenvalue weighted by atomic mass is 127. The highest BCUT2D eigenvalue weighted by molar-refractivity contribution is 14.1. The average molecular weight is 406 g/mol. The molecule has 5 heteroatoms. The second-order valence-electron chi connectivity index (χ2n) is 5.87. The van der Waals surface area contributed by atoms with Gasteiger partial charge in [-0.05, 0) is 53.7 Å². The maximum Gasteiger partial charge on any atom is 0.241 e. The second kappa shape index (κ2) is 6.83. The molecule has 1 aliphatic carbocycles. The van der Waals surface area contributed by atoms with Crippen LogP contribution in [0.2, 0.25) is 0 Å². The van der Waals surface area contributed by atoms with Gasteiger partial charge in [0.05, 0.1) is 6.04 Å². The number of hydrogen-bond donors (Lipinski definition) is 1. The fraction of sp³-hybridized carbons (Fsp3) is 0.667. The summed E-state index contributed by atoms with van der Waals surface area (Å²) in [5, 5.41) is 0. The van der Waals surface area contributed by atoms with Crippen molar-refractivity contribution in [3.8, 4) is 0 Å². The normalized spacial score (nSPS) is 33.5. The first-order valence-corrected chi connectivity index (χ1v) is 9.44. The van der Waals surface area contributed by atoms with Gasteiger partial charge >= 0.3 is 0 Å². The molecule has 1 saturated heterocycles. The van der Waals surface area contributed by atoms with Gasteiger partial charge in [-0.15, -0.1) is 0 Å². The van der Waals surface area contributed by atoms with Gasteiger partial charge < -0.3 is 4.90 Å². The summed E-state index contributed by atoms with van der Waals surface area (Å²) in [7, 11) is 0. The molecule has 1 aliphatic heterocycles. The molecule has 0 bridgehead atoms. The number of halogens is 1. The molecule has 1 amide bonds. The monoisotopic (exact) mass is 406 g/mol. The Morgan fingerprint density at radius 3 is 2.90 bits per heavy atom. The van der Waals surface area contributed by atoms with Crippen LogP contribution in [-0.2, 0) is 4.79 Å². The number of amides is 1. The van der Waals surface area contributed by atoms with E-state index < -0.39 is 0 Å². The number of likely N-dealkylation sites (tertiary alicyclic amines) is 1. The molecule has 3 nitrogen and oxygen atoms in total. The van der Waals surface area contributed by atoms with Crippen LogP contribution in [0.3, 0.4) is 0 Å². The van der Waals surface area contributed by atoms with Crippen molar-refractivity contribution >= 4 is 40.4 Å². The van der Waals surface area contributed by atoms with Crippen molar-refractivity contribution in [1.82, 2.24) is 9.62 Å². The number of nitrogens with one attached hydrogen (secondary N) is 1. The standard InChI is InChI=1S/C15H23IN2OS/c1-11(2)10-18-14(19)13(17-20-3)8-7-12-6-4-5-9-15(12,18)16/h4-6,9,11-13,17H,7-8,10H2,1-3H3/t12?,13-,15?/m0/s1. The van der Waals surface area contributed by atoms with E-state index in [0.29, 0.717) is 11.8 Å². The predicted octanol–water partition coefficient (Wildman–Crippen LogP) is 3.37. The number of carbonyl (C=O) groups excluding carboxylic acids is 1. The van der Waals surface area contributed by atoms with Crippen molar-refractivity contribution in [2.45, 2.75) is 36.3 Å². The van der Waals surface area contributed by atoms with E-state index in [1.807, 2.05) is 6.26 Å². The zero-order valence-electron chi connectivity index (χ0n) is 12.3. The molecule has 2 unspecified atom stereocenters. The minimum atomic E-state index is -0.206. The first-order chi connectivity index (χ1) is 9.49. The SMILES string of the molecule is CSN[C@H]1CCC2C=CC=CC2(I)N(CC(C)C)C1=O. The lowest BCUT2D eigenvalue weighted by atomic mass is 9.90. The van der Waals surface area contributed by atoms with Crippen LogP contribution in [0.15, 0.2) is 24.3 Å². The number of alkyl halides is 1. The topological polar surface area (TPSA) is 32.3 Å². The van der Waals surface area contributed by atoms with Gasteiger partial charge in [-0.25, -0.2) is 0 Å². The quantitative estimate of drug-likeness (QED) is 0.336. The Bertz CT molecular complexity index is 424. The van der Waals surface area contributed by atoms with Gasteiger partial charge in [0.25, 0.3) is 0 Å². The summed E-state index contributed by atoms with van der Waals surface area (Å²) in [6.45, 7) is 5.15. The largest absolute Gasteiger partial charge is 0.322 e. The summed E-state index contributed by atoms with van der Waals surface area (Å²) in [6.07, 6.45) is 12.6. The number of allylic oxidation sites excluding steroid dienone is 2. The van der Waals surface area contributed by atoms with Crippen LogP contribution in [0.5, 0.6) is 0 Å². The van der Waals surface area contributed by atoms with Crippen LogP contribution in [0, 0.1) is 11.8 Å². The number of hydrogen-bond acceptors (Lipinski definition) is 3. The summed E-state index contributed by atoms with van der Waals surface area (Å²) >= 11 is 4.01. The molecule has 112 valence electrons. The molecule has 1 fully saturated rings. The lowest BCUT2D eigenvalue weighted by molar-refractivity contribution is -0.135. The van der Waals surface area contributed by atoms with Gasteiger partial charge in [-0.3, -0.25) is 9.52 Å². The maximum absolute atomic E-state index is 12.9. The van der Waals surface area contributed by atoms with Crippen molar-refractivity contribution in [2.75, 3.05) is 12.8 Å². The molecule has 0 aromatic rings. The van der Waals surface area contributed by atoms with Gasteiger partial charge in [0.2, 0.25) is 5.91 Å². The summed E-state index contributed by atoms with van der Waals surface area (Å²) < 4.78 is 3.07. The highest BCUT2D eigenvalue weighted by Crippen LogP contribution is 2.43. The van der Waals surface area contributed by atoms with Crippen LogP contribution in [0.4, 0.5) is 0 Å². The Balaban J connectivity index is 2.34. The van der Waals surface area contributed by atoms with Crippen molar-refractivity contribution in [3.05, 3.63) is 24.3 Å². The molecular formula is C15H23IN2OS. The molecule has 2 rings (SSSR count). The van der Waals surface area contributed by atoms with Crippen molar-refractivity contribution in [3.63, 3.8) is 0 Å². The van der Waals surface area contributed by atoms with E-state index in [4.69, 9.17) is 0 Å². The number of carbonyl (C=O) groups is 1. The van der Waals surface area contributed by atoms with Crippen LogP contribution in [-0.4, -0.2) is 33.2 Å². The Morgan fingerprint density at radius 2 is 2.25 bits per heavy atom. The summed E-state index contributed by atoms with van der Waals surface area (Å²) in [6, 6.07) is -0.0669. The smallest absolute Gasteiger partial charge is 0.241 e. The van der Waals surface area contributed by atoms with Gasteiger partial charge in [0, 0.05) is 12.5 Å². The van der Waals surface area contributed by atoms with E-state index in [2.05, 4.69) is 70.4 Å². The highest BCUT2D eigenvalue weighted by Gasteiger charge is 2.46. The zero-order valence-corrected chi connectivity index (χ0v) is 15.3. The van der Waals surface area contributed by atoms with Crippen LogP contribution in [0.1, 0.15) is 26.7 Å². The van der Waals surface area contributed by atoms with E-state index in [1.54, 1.807) is 0 Å². The van der Waals surface area contributed by atoms with Crippen molar-refractivity contribution < 1.29 is 4.79 Å². The fourth-order valence-corrected chi connectivity index (χ4v) is 4.57. The van der Waals surface area contributed by atoms with Gasteiger partial charge in [0.1, 0.15) is 3.55 Å². The molecule has 1 N–H and O–H groups in total. The third kappa shape index (κ3) is 3.25. The predicted molar refractivity (Wildman–Crippen MR) is 94.7 cm³/mol. The minimum absolute atomic E-state index is 0.0669. The molecule has 20 heavy (non-hydrogen) atoms. The van der Waals surface area contributed by atoms with E-state index in [0.717, 1.165) is 19.4 Å². The molecule has 3 atom stereocenters. The molecule has 0 aromatic carbocycles. The van der Waals surface area contributed by atoms with E-state index in [1.165, 1.54) is 11.9 Å². The van der Waals surface area contributed by atoms with Crippen LogP contribution < -0.4 is 4.72 Å². The number of nitrogens with zero attached hydrogens (tertiary/aromatic N) is 1. The third-order valence-corrected chi connectivity index (χ3v) is 6.12. The molecule has 1 heterocycles. The Kier molecular flexibility index (Phi) is 5.59. The summed E-state index contributed by atoms with van der Waals surface area (Å²) in [4.78, 5) is 15.0. The first kappa shape index (κ1) is 16.4. The van der Waals surface area contributed by atoms with Crippen LogP contribution >= 0.6 is 34.5 Å². The lowest BCUT2D eigenvalue weighted by Crippen LogP contribution is -2.54.